The fourth-order valence-electron chi connectivity index (χ4n) is 9.82. The number of esters is 3. The van der Waals surface area contributed by atoms with Gasteiger partial charge in [0.1, 0.15) is 25.6 Å². The molecular weight excluding hydrogens is 931 g/mol. The molecule has 14 nitrogen and oxygen atoms in total. The SMILES string of the molecule is CC(=O)OCC1O[C@@H](OCCCCCCCCCCCCCC(=O)CCOCC(CCCCC(=O)NCCCCCO[C@@H]2OC(COC(C)=O)[C@H](C)[C@H](C)C2C)CC(=O)OCc2ccccc2)C(C)[C@@H](C)[C@H]1C. The van der Waals surface area contributed by atoms with Gasteiger partial charge in [0.05, 0.1) is 25.2 Å². The van der Waals surface area contributed by atoms with Gasteiger partial charge in [-0.15, -0.1) is 0 Å². The van der Waals surface area contributed by atoms with Crippen molar-refractivity contribution >= 4 is 29.6 Å². The van der Waals surface area contributed by atoms with Crippen molar-refractivity contribution in [2.45, 2.75) is 222 Å². The van der Waals surface area contributed by atoms with Crippen molar-refractivity contribution in [1.29, 1.82) is 0 Å². The predicted molar refractivity (Wildman–Crippen MR) is 283 cm³/mol. The van der Waals surface area contributed by atoms with Gasteiger partial charge >= 0.3 is 17.9 Å². The maximum Gasteiger partial charge on any atom is 0.306 e. The number of unbranched alkanes of at least 4 members (excludes halogenated alkanes) is 13. The van der Waals surface area contributed by atoms with E-state index in [2.05, 4.69) is 46.9 Å². The molecule has 0 saturated carbocycles. The number of ether oxygens (including phenoxy) is 8. The number of Topliss-reactive ketones (excluding diaryl/α,β-unsaturated/α-hetero) is 1. The lowest BCUT2D eigenvalue weighted by molar-refractivity contribution is -0.255. The summed E-state index contributed by atoms with van der Waals surface area (Å²) in [6, 6.07) is 9.62. The molecule has 3 rings (SSSR count). The molecule has 2 aliphatic rings. The van der Waals surface area contributed by atoms with E-state index >= 15 is 0 Å². The molecule has 1 aromatic rings. The highest BCUT2D eigenvalue weighted by Gasteiger charge is 2.41. The van der Waals surface area contributed by atoms with Crippen LogP contribution in [0.2, 0.25) is 0 Å². The number of rotatable bonds is 40. The van der Waals surface area contributed by atoms with E-state index in [9.17, 15) is 24.0 Å². The summed E-state index contributed by atoms with van der Waals surface area (Å²) >= 11 is 0. The van der Waals surface area contributed by atoms with Crippen LogP contribution >= 0.6 is 0 Å². The van der Waals surface area contributed by atoms with Crippen LogP contribution in [0.1, 0.15) is 196 Å². The summed E-state index contributed by atoms with van der Waals surface area (Å²) in [7, 11) is 0. The molecule has 2 heterocycles. The first-order valence-corrected chi connectivity index (χ1v) is 28.5. The molecule has 11 atom stereocenters. The van der Waals surface area contributed by atoms with E-state index in [1.165, 1.54) is 52.4 Å². The van der Waals surface area contributed by atoms with Gasteiger partial charge in [-0.1, -0.05) is 136 Å². The van der Waals surface area contributed by atoms with Crippen LogP contribution in [0.4, 0.5) is 0 Å². The molecule has 73 heavy (non-hydrogen) atoms. The summed E-state index contributed by atoms with van der Waals surface area (Å²) in [5.74, 6) is 1.20. The lowest BCUT2D eigenvalue weighted by atomic mass is 9.79. The fourth-order valence-corrected chi connectivity index (χ4v) is 9.82. The second kappa shape index (κ2) is 38.2. The van der Waals surface area contributed by atoms with Crippen LogP contribution in [-0.4, -0.2) is 101 Å². The van der Waals surface area contributed by atoms with Crippen LogP contribution in [-0.2, 0) is 68.5 Å². The average molecular weight is 1030 g/mol. The Morgan fingerprint density at radius 2 is 1.03 bits per heavy atom. The molecule has 418 valence electrons. The average Bonchev–Trinajstić information content (AvgIpc) is 3.37. The van der Waals surface area contributed by atoms with Crippen molar-refractivity contribution in [2.75, 3.05) is 46.2 Å². The number of hydrogen-bond acceptors (Lipinski definition) is 13. The molecule has 0 spiro atoms. The second-order valence-corrected chi connectivity index (χ2v) is 21.5. The summed E-state index contributed by atoms with van der Waals surface area (Å²) in [6.45, 7) is 19.2. The highest BCUT2D eigenvalue weighted by molar-refractivity contribution is 5.78. The molecule has 2 fully saturated rings. The summed E-state index contributed by atoms with van der Waals surface area (Å²) in [4.78, 5) is 60.8. The number of amides is 1. The third-order valence-electron chi connectivity index (χ3n) is 15.5. The molecule has 2 saturated heterocycles. The first kappa shape index (κ1) is 63.9. The lowest BCUT2D eigenvalue weighted by Gasteiger charge is -2.43. The molecular formula is C59H99NO13. The van der Waals surface area contributed by atoms with Gasteiger partial charge in [-0.3, -0.25) is 24.0 Å². The second-order valence-electron chi connectivity index (χ2n) is 21.5. The van der Waals surface area contributed by atoms with Crippen LogP contribution in [0.25, 0.3) is 0 Å². The van der Waals surface area contributed by atoms with E-state index in [1.54, 1.807) is 0 Å². The Kier molecular flexibility index (Phi) is 33.4. The van der Waals surface area contributed by atoms with Crippen LogP contribution in [0.15, 0.2) is 30.3 Å². The molecule has 2 aliphatic heterocycles. The van der Waals surface area contributed by atoms with Crippen LogP contribution in [0.3, 0.4) is 0 Å². The van der Waals surface area contributed by atoms with Crippen LogP contribution in [0, 0.1) is 41.4 Å². The van der Waals surface area contributed by atoms with Crippen molar-refractivity contribution in [3.8, 4) is 0 Å². The minimum Gasteiger partial charge on any atom is -0.463 e. The lowest BCUT2D eigenvalue weighted by Crippen LogP contribution is -2.47. The molecule has 1 N–H and O–H groups in total. The highest BCUT2D eigenvalue weighted by Crippen LogP contribution is 2.37. The van der Waals surface area contributed by atoms with Crippen LogP contribution in [0.5, 0.6) is 0 Å². The third-order valence-corrected chi connectivity index (χ3v) is 15.5. The molecule has 0 bridgehead atoms. The van der Waals surface area contributed by atoms with E-state index in [4.69, 9.17) is 37.9 Å². The summed E-state index contributed by atoms with van der Waals surface area (Å²) in [5, 5.41) is 3.04. The van der Waals surface area contributed by atoms with Crippen molar-refractivity contribution in [1.82, 2.24) is 5.32 Å². The molecule has 5 unspecified atom stereocenters. The molecule has 14 heteroatoms. The maximum absolute atomic E-state index is 12.9. The Labute approximate surface area is 440 Å². The Morgan fingerprint density at radius 1 is 0.534 bits per heavy atom. The van der Waals surface area contributed by atoms with Gasteiger partial charge < -0.3 is 43.2 Å². The van der Waals surface area contributed by atoms with Gasteiger partial charge in [-0.2, -0.15) is 0 Å². The largest absolute Gasteiger partial charge is 0.463 e. The summed E-state index contributed by atoms with van der Waals surface area (Å²) < 4.78 is 46.7. The van der Waals surface area contributed by atoms with Crippen molar-refractivity contribution < 1.29 is 61.9 Å². The van der Waals surface area contributed by atoms with Gasteiger partial charge in [-0.25, -0.2) is 0 Å². The van der Waals surface area contributed by atoms with Gasteiger partial charge in [0.2, 0.25) is 5.91 Å². The first-order valence-electron chi connectivity index (χ1n) is 28.5. The predicted octanol–water partition coefficient (Wildman–Crippen LogP) is 11.7. The van der Waals surface area contributed by atoms with E-state index in [-0.39, 0.29) is 98.4 Å². The number of ketones is 1. The highest BCUT2D eigenvalue weighted by atomic mass is 16.7. The quantitative estimate of drug-likeness (QED) is 0.0374. The zero-order valence-corrected chi connectivity index (χ0v) is 46.6. The number of benzene rings is 1. The number of carbonyl (C=O) groups is 5. The fraction of sp³-hybridized carbons (Fsp3) is 0.814. The monoisotopic (exact) mass is 1030 g/mol. The number of nitrogens with one attached hydrogen (secondary N) is 1. The zero-order valence-electron chi connectivity index (χ0n) is 46.6. The van der Waals surface area contributed by atoms with Gasteiger partial charge in [0.25, 0.3) is 0 Å². The summed E-state index contributed by atoms with van der Waals surface area (Å²) in [6.07, 6.45) is 18.2. The van der Waals surface area contributed by atoms with E-state index in [0.29, 0.717) is 82.3 Å². The Balaban J connectivity index is 1.19. The minimum atomic E-state index is -0.334. The molecule has 1 aromatic carbocycles. The Morgan fingerprint density at radius 3 is 1.56 bits per heavy atom. The van der Waals surface area contributed by atoms with Crippen molar-refractivity contribution in [2.24, 2.45) is 41.4 Å². The smallest absolute Gasteiger partial charge is 0.306 e. The normalized spacial score (nSPS) is 24.4. The summed E-state index contributed by atoms with van der Waals surface area (Å²) in [5.41, 5.74) is 0.933. The van der Waals surface area contributed by atoms with Crippen molar-refractivity contribution in [3.05, 3.63) is 35.9 Å². The minimum absolute atomic E-state index is 0.0252. The molecule has 0 radical (unpaired) electrons. The van der Waals surface area contributed by atoms with E-state index < -0.39 is 0 Å². The molecule has 0 aliphatic carbocycles. The number of hydrogen-bond donors (Lipinski definition) is 1. The maximum atomic E-state index is 12.9. The third kappa shape index (κ3) is 27.8. The van der Waals surface area contributed by atoms with Gasteiger partial charge in [-0.05, 0) is 80.1 Å². The van der Waals surface area contributed by atoms with Crippen molar-refractivity contribution in [3.63, 3.8) is 0 Å². The van der Waals surface area contributed by atoms with E-state index in [1.807, 2.05) is 30.3 Å². The van der Waals surface area contributed by atoms with Gasteiger partial charge in [0, 0.05) is 71.3 Å². The first-order chi connectivity index (χ1) is 35.2. The Bertz CT molecular complexity index is 1660. The Hall–Kier alpha value is -3.43. The van der Waals surface area contributed by atoms with E-state index in [0.717, 1.165) is 69.8 Å². The standard InChI is InChI=1S/C59H99NO13/c1-43-45(3)54(41-69-49(7)61)72-58(47(43)5)67-35-26-17-15-13-11-9-10-12-14-16-22-31-53(63)33-37-66-39-52(38-57(65)71-40-51-28-20-18-21-29-51)30-23-24-32-56(64)60-34-25-19-27-36-68-59-48(6)44(2)46(4)55(73-59)42-70-50(8)62/h18,20-21,28-29,43-48,52,54-55,58-59H,9-17,19,22-27,30-42H2,1-8H3,(H,60,64)/t43-,44-,45+,46+,47?,48?,52?,54?,55?,58+,59+/m0/s1. The van der Waals surface area contributed by atoms with Crippen LogP contribution < -0.4 is 5.32 Å². The molecule has 1 amide bonds. The zero-order chi connectivity index (χ0) is 53.2. The van der Waals surface area contributed by atoms with Gasteiger partial charge in [0.15, 0.2) is 12.6 Å². The molecule has 0 aromatic heterocycles. The number of carbonyl (C=O) groups excluding carboxylic acids is 5. The topological polar surface area (TPSA) is 171 Å².